The summed E-state index contributed by atoms with van der Waals surface area (Å²) in [5, 5.41) is 0. The molecule has 0 bridgehead atoms. The lowest BCUT2D eigenvalue weighted by Crippen LogP contribution is -2.17. The molecule has 0 aliphatic heterocycles. The zero-order valence-electron chi connectivity index (χ0n) is 9.86. The molecule has 1 aromatic rings. The molecular formula is C12H9F3O3. The van der Waals surface area contributed by atoms with Crippen molar-refractivity contribution in [3.05, 3.63) is 34.1 Å². The fraction of sp³-hybridized carbons (Fsp3) is 0.250. The number of hydrogen-bond donors (Lipinski definition) is 0. The molecule has 0 radical (unpaired) electrons. The first-order valence-electron chi connectivity index (χ1n) is 4.93. The Morgan fingerprint density at radius 2 is 0.778 bits per heavy atom. The van der Waals surface area contributed by atoms with Crippen LogP contribution in [-0.2, 0) is 0 Å². The molecule has 3 nitrogen and oxygen atoms in total. The molecule has 0 spiro atoms. The number of carbonyl (C=O) groups excluding carboxylic acids is 3. The van der Waals surface area contributed by atoms with E-state index in [-0.39, 0.29) is 0 Å². The second-order valence-electron chi connectivity index (χ2n) is 3.74. The first-order chi connectivity index (χ1) is 8.20. The van der Waals surface area contributed by atoms with Crippen LogP contribution in [0.25, 0.3) is 0 Å². The molecular weight excluding hydrogens is 249 g/mol. The molecule has 1 aromatic carbocycles. The van der Waals surface area contributed by atoms with Crippen LogP contribution in [0.2, 0.25) is 0 Å². The Bertz CT molecular complexity index is 474. The maximum atomic E-state index is 13.7. The number of halogens is 3. The number of rotatable bonds is 3. The normalized spacial score (nSPS) is 10.3. The lowest BCUT2D eigenvalue weighted by molar-refractivity contribution is 0.0997. The zero-order valence-corrected chi connectivity index (χ0v) is 9.86. The van der Waals surface area contributed by atoms with Gasteiger partial charge in [-0.15, -0.1) is 0 Å². The van der Waals surface area contributed by atoms with E-state index >= 15 is 0 Å². The molecule has 18 heavy (non-hydrogen) atoms. The van der Waals surface area contributed by atoms with Gasteiger partial charge in [0, 0.05) is 0 Å². The summed E-state index contributed by atoms with van der Waals surface area (Å²) in [6.07, 6.45) is 0. The summed E-state index contributed by atoms with van der Waals surface area (Å²) in [5.74, 6) is -7.82. The number of Topliss-reactive ketones (excluding diaryl/α,β-unsaturated/α-hetero) is 3. The third kappa shape index (κ3) is 2.05. The van der Waals surface area contributed by atoms with Crippen molar-refractivity contribution in [2.24, 2.45) is 0 Å². The fourth-order valence-electron chi connectivity index (χ4n) is 1.59. The highest BCUT2D eigenvalue weighted by atomic mass is 19.1. The Labute approximate surface area is 101 Å². The van der Waals surface area contributed by atoms with E-state index in [9.17, 15) is 27.6 Å². The molecule has 0 heterocycles. The zero-order chi connectivity index (χ0) is 14.2. The van der Waals surface area contributed by atoms with Gasteiger partial charge in [-0.2, -0.15) is 0 Å². The van der Waals surface area contributed by atoms with Crippen molar-refractivity contribution in [2.45, 2.75) is 20.8 Å². The van der Waals surface area contributed by atoms with Crippen molar-refractivity contribution >= 4 is 17.3 Å². The van der Waals surface area contributed by atoms with Crippen LogP contribution in [0.3, 0.4) is 0 Å². The molecule has 0 amide bonds. The minimum Gasteiger partial charge on any atom is -0.294 e. The van der Waals surface area contributed by atoms with Gasteiger partial charge in [-0.3, -0.25) is 14.4 Å². The number of benzene rings is 1. The molecule has 96 valence electrons. The standard InChI is InChI=1S/C12H9F3O3/c1-4(16)7-10(13)8(5(2)17)12(15)9(6(3)18)11(7)14/h1-3H3. The molecule has 0 unspecified atom stereocenters. The van der Waals surface area contributed by atoms with Crippen LogP contribution >= 0.6 is 0 Å². The third-order valence-corrected chi connectivity index (χ3v) is 2.37. The highest BCUT2D eigenvalue weighted by Crippen LogP contribution is 2.26. The number of carbonyl (C=O) groups is 3. The molecule has 0 saturated carbocycles. The van der Waals surface area contributed by atoms with Crippen LogP contribution in [-0.4, -0.2) is 17.3 Å². The summed E-state index contributed by atoms with van der Waals surface area (Å²) in [4.78, 5) is 33.4. The van der Waals surface area contributed by atoms with Gasteiger partial charge in [0.15, 0.2) is 34.8 Å². The lowest BCUT2D eigenvalue weighted by Gasteiger charge is -2.11. The van der Waals surface area contributed by atoms with Crippen molar-refractivity contribution < 1.29 is 27.6 Å². The first-order valence-corrected chi connectivity index (χ1v) is 4.93. The van der Waals surface area contributed by atoms with E-state index in [1.807, 2.05) is 0 Å². The molecule has 0 fully saturated rings. The van der Waals surface area contributed by atoms with Crippen LogP contribution in [0.5, 0.6) is 0 Å². The second kappa shape index (κ2) is 4.72. The number of ketones is 3. The van der Waals surface area contributed by atoms with Crippen molar-refractivity contribution in [2.75, 3.05) is 0 Å². The van der Waals surface area contributed by atoms with E-state index < -0.39 is 51.5 Å². The van der Waals surface area contributed by atoms with Gasteiger partial charge in [0.2, 0.25) is 0 Å². The maximum absolute atomic E-state index is 13.7. The molecule has 0 aliphatic rings. The Kier molecular flexibility index (Phi) is 3.69. The second-order valence-corrected chi connectivity index (χ2v) is 3.74. The van der Waals surface area contributed by atoms with Crippen LogP contribution in [0.1, 0.15) is 51.8 Å². The Morgan fingerprint density at radius 3 is 0.889 bits per heavy atom. The van der Waals surface area contributed by atoms with E-state index in [4.69, 9.17) is 0 Å². The first kappa shape index (κ1) is 14.1. The number of hydrogen-bond acceptors (Lipinski definition) is 3. The molecule has 6 heteroatoms. The van der Waals surface area contributed by atoms with E-state index in [0.717, 1.165) is 20.8 Å². The van der Waals surface area contributed by atoms with Gasteiger partial charge in [0.25, 0.3) is 0 Å². The fourth-order valence-corrected chi connectivity index (χ4v) is 1.59. The lowest BCUT2D eigenvalue weighted by atomic mass is 9.96. The predicted molar refractivity (Wildman–Crippen MR) is 56.3 cm³/mol. The third-order valence-electron chi connectivity index (χ3n) is 2.37. The smallest absolute Gasteiger partial charge is 0.165 e. The molecule has 0 N–H and O–H groups in total. The molecule has 0 aromatic heterocycles. The highest BCUT2D eigenvalue weighted by molar-refractivity contribution is 6.05. The summed E-state index contributed by atoms with van der Waals surface area (Å²) >= 11 is 0. The van der Waals surface area contributed by atoms with Crippen molar-refractivity contribution in [1.29, 1.82) is 0 Å². The van der Waals surface area contributed by atoms with Crippen LogP contribution in [0.4, 0.5) is 13.2 Å². The summed E-state index contributed by atoms with van der Waals surface area (Å²) in [6.45, 7) is 2.56. The van der Waals surface area contributed by atoms with Crippen molar-refractivity contribution in [3.8, 4) is 0 Å². The minimum atomic E-state index is -1.57. The van der Waals surface area contributed by atoms with Crippen LogP contribution in [0.15, 0.2) is 0 Å². The van der Waals surface area contributed by atoms with Crippen LogP contribution < -0.4 is 0 Å². The highest BCUT2D eigenvalue weighted by Gasteiger charge is 2.30. The SMILES string of the molecule is CC(=O)c1c(F)c(C(C)=O)c(F)c(C(C)=O)c1F. The van der Waals surface area contributed by atoms with Gasteiger partial charge >= 0.3 is 0 Å². The van der Waals surface area contributed by atoms with E-state index in [0.29, 0.717) is 0 Å². The summed E-state index contributed by atoms with van der Waals surface area (Å²) in [6, 6.07) is 0. The molecule has 0 atom stereocenters. The summed E-state index contributed by atoms with van der Waals surface area (Å²) in [5.41, 5.74) is -3.23. The van der Waals surface area contributed by atoms with Crippen molar-refractivity contribution in [1.82, 2.24) is 0 Å². The average Bonchev–Trinajstić information content (AvgIpc) is 2.14. The van der Waals surface area contributed by atoms with Crippen LogP contribution in [0, 0.1) is 17.5 Å². The predicted octanol–water partition coefficient (Wildman–Crippen LogP) is 2.71. The van der Waals surface area contributed by atoms with E-state index in [1.54, 1.807) is 0 Å². The molecule has 0 aliphatic carbocycles. The van der Waals surface area contributed by atoms with Gasteiger partial charge in [0.1, 0.15) is 0 Å². The van der Waals surface area contributed by atoms with E-state index in [2.05, 4.69) is 0 Å². The van der Waals surface area contributed by atoms with Gasteiger partial charge in [-0.1, -0.05) is 0 Å². The molecule has 1 rings (SSSR count). The largest absolute Gasteiger partial charge is 0.294 e. The Morgan fingerprint density at radius 1 is 0.611 bits per heavy atom. The average molecular weight is 258 g/mol. The minimum absolute atomic E-state index is 0.854. The Balaban J connectivity index is 3.94. The van der Waals surface area contributed by atoms with E-state index in [1.165, 1.54) is 0 Å². The van der Waals surface area contributed by atoms with Gasteiger partial charge in [-0.25, -0.2) is 13.2 Å². The topological polar surface area (TPSA) is 51.2 Å². The maximum Gasteiger partial charge on any atom is 0.165 e. The van der Waals surface area contributed by atoms with Gasteiger partial charge in [-0.05, 0) is 20.8 Å². The quantitative estimate of drug-likeness (QED) is 0.783. The monoisotopic (exact) mass is 258 g/mol. The van der Waals surface area contributed by atoms with Gasteiger partial charge < -0.3 is 0 Å². The Hall–Kier alpha value is -1.98. The van der Waals surface area contributed by atoms with Crippen molar-refractivity contribution in [3.63, 3.8) is 0 Å². The summed E-state index contributed by atoms with van der Waals surface area (Å²) in [7, 11) is 0. The molecule has 0 saturated heterocycles. The van der Waals surface area contributed by atoms with Gasteiger partial charge in [0.05, 0.1) is 16.7 Å². The summed E-state index contributed by atoms with van der Waals surface area (Å²) < 4.78 is 41.1.